The van der Waals surface area contributed by atoms with Gasteiger partial charge >= 0.3 is 12.1 Å². The molecule has 10 nitrogen and oxygen atoms in total. The molecule has 1 amide bonds. The van der Waals surface area contributed by atoms with Gasteiger partial charge in [-0.25, -0.2) is 14.8 Å². The number of ether oxygens (including phenoxy) is 2. The van der Waals surface area contributed by atoms with E-state index in [9.17, 15) is 14.7 Å². The second-order valence-electron chi connectivity index (χ2n) is 9.64. The van der Waals surface area contributed by atoms with Gasteiger partial charge in [0.05, 0.1) is 24.5 Å². The Morgan fingerprint density at radius 3 is 2.57 bits per heavy atom. The Kier molecular flexibility index (Phi) is 6.56. The number of esters is 1. The van der Waals surface area contributed by atoms with Gasteiger partial charge in [0.25, 0.3) is 0 Å². The molecule has 3 heterocycles. The number of carbonyl (C=O) groups is 2. The standard InChI is InChI=1S/C25H31N5O5/c1-5-34-20(32)11-16-10-17(12-30(16)24(33)35-25(2,3)4)29-13-19(15-6-8-18(31)9-7-15)21-22(26)27-14-28-23(21)29/h6-9,13-14,16-17,31H,5,10-12H2,1-4H3,(H2,26,27,28)/t16-,17-/m0/s1. The quantitative estimate of drug-likeness (QED) is 0.525. The molecule has 3 N–H and O–H groups in total. The molecule has 10 heteroatoms. The summed E-state index contributed by atoms with van der Waals surface area (Å²) in [7, 11) is 0. The van der Waals surface area contributed by atoms with E-state index >= 15 is 0 Å². The number of aromatic hydroxyl groups is 1. The van der Waals surface area contributed by atoms with Crippen molar-refractivity contribution in [2.45, 2.75) is 58.2 Å². The summed E-state index contributed by atoms with van der Waals surface area (Å²) in [6.07, 6.45) is 3.46. The Balaban J connectivity index is 1.73. The maximum atomic E-state index is 13.0. The molecule has 1 saturated heterocycles. The SMILES string of the molecule is CCOC(=O)C[C@@H]1C[C@H](n2cc(-c3ccc(O)cc3)c3c(N)ncnc32)CN1C(=O)OC(C)(C)C. The molecule has 2 aromatic heterocycles. The Labute approximate surface area is 203 Å². The molecule has 1 fully saturated rings. The van der Waals surface area contributed by atoms with Gasteiger partial charge in [-0.1, -0.05) is 12.1 Å². The van der Waals surface area contributed by atoms with Crippen LogP contribution in [-0.4, -0.2) is 61.4 Å². The molecule has 4 rings (SSSR count). The lowest BCUT2D eigenvalue weighted by Crippen LogP contribution is -2.41. The van der Waals surface area contributed by atoms with E-state index in [0.29, 0.717) is 29.8 Å². The van der Waals surface area contributed by atoms with Crippen LogP contribution in [0.5, 0.6) is 5.75 Å². The number of hydrogen-bond acceptors (Lipinski definition) is 8. The summed E-state index contributed by atoms with van der Waals surface area (Å²) in [4.78, 5) is 35.6. The van der Waals surface area contributed by atoms with Crippen LogP contribution in [0.3, 0.4) is 0 Å². The van der Waals surface area contributed by atoms with Crippen molar-refractivity contribution in [2.24, 2.45) is 0 Å². The predicted octanol–water partition coefficient (Wildman–Crippen LogP) is 3.89. The zero-order chi connectivity index (χ0) is 25.3. The molecule has 0 radical (unpaired) electrons. The second-order valence-corrected chi connectivity index (χ2v) is 9.64. The zero-order valence-corrected chi connectivity index (χ0v) is 20.4. The minimum atomic E-state index is -0.669. The number of nitrogens with zero attached hydrogens (tertiary/aromatic N) is 4. The summed E-state index contributed by atoms with van der Waals surface area (Å²) in [5.74, 6) is 0.134. The Morgan fingerprint density at radius 2 is 1.91 bits per heavy atom. The Morgan fingerprint density at radius 1 is 1.20 bits per heavy atom. The van der Waals surface area contributed by atoms with Gasteiger partial charge in [0.1, 0.15) is 29.1 Å². The molecule has 35 heavy (non-hydrogen) atoms. The lowest BCUT2D eigenvalue weighted by molar-refractivity contribution is -0.144. The van der Waals surface area contributed by atoms with Crippen LogP contribution < -0.4 is 5.73 Å². The summed E-state index contributed by atoms with van der Waals surface area (Å²) < 4.78 is 12.8. The molecular formula is C25H31N5O5. The van der Waals surface area contributed by atoms with Crippen molar-refractivity contribution >= 4 is 28.9 Å². The van der Waals surface area contributed by atoms with Gasteiger partial charge in [0.15, 0.2) is 0 Å². The van der Waals surface area contributed by atoms with Gasteiger partial charge in [0.2, 0.25) is 0 Å². The maximum Gasteiger partial charge on any atom is 0.410 e. The number of likely N-dealkylation sites (tertiary alicyclic amines) is 1. The third kappa shape index (κ3) is 5.16. The number of phenolic OH excluding ortho intramolecular Hbond substituents is 1. The molecule has 1 aliphatic rings. The average molecular weight is 482 g/mol. The van der Waals surface area contributed by atoms with Crippen LogP contribution in [0.2, 0.25) is 0 Å². The summed E-state index contributed by atoms with van der Waals surface area (Å²) >= 11 is 0. The van der Waals surface area contributed by atoms with Crippen molar-refractivity contribution < 1.29 is 24.2 Å². The number of anilines is 1. The van der Waals surface area contributed by atoms with E-state index in [2.05, 4.69) is 9.97 Å². The van der Waals surface area contributed by atoms with E-state index in [-0.39, 0.29) is 36.8 Å². The smallest absolute Gasteiger partial charge is 0.410 e. The third-order valence-corrected chi connectivity index (χ3v) is 5.94. The van der Waals surface area contributed by atoms with Crippen LogP contribution in [-0.2, 0) is 14.3 Å². The highest BCUT2D eigenvalue weighted by Gasteiger charge is 2.40. The van der Waals surface area contributed by atoms with Gasteiger partial charge < -0.3 is 29.8 Å². The van der Waals surface area contributed by atoms with E-state index in [4.69, 9.17) is 15.2 Å². The first-order valence-electron chi connectivity index (χ1n) is 11.6. The number of phenols is 1. The van der Waals surface area contributed by atoms with Crippen molar-refractivity contribution in [3.63, 3.8) is 0 Å². The van der Waals surface area contributed by atoms with Gasteiger partial charge in [-0.2, -0.15) is 0 Å². The molecule has 3 aromatic rings. The monoisotopic (exact) mass is 481 g/mol. The number of nitrogens with two attached hydrogens (primary N) is 1. The highest BCUT2D eigenvalue weighted by Crippen LogP contribution is 2.39. The summed E-state index contributed by atoms with van der Waals surface area (Å²) in [5, 5.41) is 10.4. The van der Waals surface area contributed by atoms with Crippen molar-refractivity contribution in [1.82, 2.24) is 19.4 Å². The number of aromatic nitrogens is 3. The molecule has 0 aliphatic carbocycles. The fraction of sp³-hybridized carbons (Fsp3) is 0.440. The first-order valence-corrected chi connectivity index (χ1v) is 11.6. The van der Waals surface area contributed by atoms with Crippen LogP contribution >= 0.6 is 0 Å². The maximum absolute atomic E-state index is 13.0. The molecular weight excluding hydrogens is 450 g/mol. The Bertz CT molecular complexity index is 1230. The van der Waals surface area contributed by atoms with E-state index in [0.717, 1.165) is 11.1 Å². The van der Waals surface area contributed by atoms with Crippen LogP contribution in [0.4, 0.5) is 10.6 Å². The predicted molar refractivity (Wildman–Crippen MR) is 131 cm³/mol. The lowest BCUT2D eigenvalue weighted by Gasteiger charge is -2.28. The fourth-order valence-corrected chi connectivity index (χ4v) is 4.49. The van der Waals surface area contributed by atoms with Gasteiger partial charge in [-0.3, -0.25) is 4.79 Å². The van der Waals surface area contributed by atoms with Crippen LogP contribution in [0.25, 0.3) is 22.2 Å². The molecule has 0 bridgehead atoms. The van der Waals surface area contributed by atoms with Gasteiger partial charge in [-0.05, 0) is 51.8 Å². The molecule has 1 aliphatic heterocycles. The Hall–Kier alpha value is -3.82. The summed E-state index contributed by atoms with van der Waals surface area (Å²) in [6, 6.07) is 6.24. The molecule has 1 aromatic carbocycles. The van der Waals surface area contributed by atoms with Crippen LogP contribution in [0.15, 0.2) is 36.8 Å². The van der Waals surface area contributed by atoms with Crippen LogP contribution in [0, 0.1) is 0 Å². The molecule has 0 saturated carbocycles. The molecule has 2 atom stereocenters. The second kappa shape index (κ2) is 9.44. The van der Waals surface area contributed by atoms with Crippen molar-refractivity contribution in [1.29, 1.82) is 0 Å². The topological polar surface area (TPSA) is 133 Å². The van der Waals surface area contributed by atoms with E-state index in [1.54, 1.807) is 36.1 Å². The van der Waals surface area contributed by atoms with Gasteiger partial charge in [0, 0.05) is 24.3 Å². The summed E-state index contributed by atoms with van der Waals surface area (Å²) in [5.41, 5.74) is 7.87. The average Bonchev–Trinajstić information content (AvgIpc) is 3.36. The first-order chi connectivity index (χ1) is 16.6. The molecule has 186 valence electrons. The minimum absolute atomic E-state index is 0.0741. The fourth-order valence-electron chi connectivity index (χ4n) is 4.49. The number of carbonyl (C=O) groups excluding carboxylic acids is 2. The van der Waals surface area contributed by atoms with E-state index in [1.807, 2.05) is 31.5 Å². The number of rotatable bonds is 5. The van der Waals surface area contributed by atoms with Crippen LogP contribution in [0.1, 0.15) is 46.6 Å². The third-order valence-electron chi connectivity index (χ3n) is 5.94. The highest BCUT2D eigenvalue weighted by atomic mass is 16.6. The van der Waals surface area contributed by atoms with Crippen molar-refractivity contribution in [2.75, 3.05) is 18.9 Å². The number of fused-ring (bicyclic) bond motifs is 1. The summed E-state index contributed by atoms with van der Waals surface area (Å²) in [6.45, 7) is 7.78. The number of nitrogen functional groups attached to an aromatic ring is 1. The van der Waals surface area contributed by atoms with Crippen molar-refractivity contribution in [3.05, 3.63) is 36.8 Å². The largest absolute Gasteiger partial charge is 0.508 e. The van der Waals surface area contributed by atoms with Crippen molar-refractivity contribution in [3.8, 4) is 16.9 Å². The number of hydrogen-bond donors (Lipinski definition) is 2. The highest BCUT2D eigenvalue weighted by molar-refractivity contribution is 6.00. The first kappa shape index (κ1) is 24.3. The van der Waals surface area contributed by atoms with E-state index in [1.165, 1.54) is 6.33 Å². The number of amides is 1. The minimum Gasteiger partial charge on any atom is -0.508 e. The lowest BCUT2D eigenvalue weighted by atomic mass is 10.1. The van der Waals surface area contributed by atoms with Gasteiger partial charge in [-0.15, -0.1) is 0 Å². The number of benzene rings is 1. The molecule has 0 spiro atoms. The normalized spacial score (nSPS) is 18.1. The molecule has 0 unspecified atom stereocenters. The zero-order valence-electron chi connectivity index (χ0n) is 20.4. The van der Waals surface area contributed by atoms with E-state index < -0.39 is 11.7 Å².